The maximum Gasteiger partial charge on any atom is 0.179 e. The molecule has 0 aromatic carbocycles. The van der Waals surface area contributed by atoms with E-state index in [1.54, 1.807) is 0 Å². The topological polar surface area (TPSA) is 26.3 Å². The van der Waals surface area contributed by atoms with Gasteiger partial charge in [-0.05, 0) is 6.42 Å². The van der Waals surface area contributed by atoms with Crippen molar-refractivity contribution >= 4 is 8.69 Å². The molecule has 0 saturated heterocycles. The Bertz CT molecular complexity index is 41.9. The molecular weight excluding hydrogens is 164 g/mol. The molecule has 0 aliphatic heterocycles. The second-order valence-electron chi connectivity index (χ2n) is 0.967. The summed E-state index contributed by atoms with van der Waals surface area (Å²) in [5.74, 6) is 0. The molecule has 7 heavy (non-hydrogen) atoms. The Morgan fingerprint density at radius 1 is 1.71 bits per heavy atom. The van der Waals surface area contributed by atoms with Gasteiger partial charge < -0.3 is 4.52 Å². The first kappa shape index (κ1) is 10.7. The van der Waals surface area contributed by atoms with E-state index in [1.165, 1.54) is 0 Å². The summed E-state index contributed by atoms with van der Waals surface area (Å²) in [6, 6.07) is 0. The van der Waals surface area contributed by atoms with E-state index in [-0.39, 0.29) is 19.5 Å². The smallest absolute Gasteiger partial charge is 0.179 e. The molecule has 0 fully saturated rings. The van der Waals surface area contributed by atoms with Gasteiger partial charge in [-0.2, -0.15) is 0 Å². The maximum atomic E-state index is 9.55. The van der Waals surface area contributed by atoms with Crippen LogP contribution in [-0.4, -0.2) is 6.61 Å². The normalized spacial score (nSPS) is 9.29. The van der Waals surface area contributed by atoms with E-state index in [2.05, 4.69) is 4.52 Å². The monoisotopic (exact) mass is 172 g/mol. The van der Waals surface area contributed by atoms with Crippen LogP contribution in [0.5, 0.6) is 0 Å². The van der Waals surface area contributed by atoms with Crippen LogP contribution in [0.2, 0.25) is 0 Å². The molecule has 0 N–H and O–H groups in total. The van der Waals surface area contributed by atoms with Crippen LogP contribution in [0.3, 0.4) is 0 Å². The Morgan fingerprint density at radius 2 is 2.29 bits per heavy atom. The molecule has 40 valence electrons. The Labute approximate surface area is 57.7 Å². The molecule has 1 atom stereocenters. The molecule has 0 aliphatic rings. The molecule has 1 unspecified atom stereocenters. The third-order valence-electron chi connectivity index (χ3n) is 0.390. The van der Waals surface area contributed by atoms with E-state index in [4.69, 9.17) is 0 Å². The summed E-state index contributed by atoms with van der Waals surface area (Å²) in [7, 11) is -0.966. The van der Waals surface area contributed by atoms with Gasteiger partial charge in [0.2, 0.25) is 0 Å². The minimum Gasteiger partial charge on any atom is -0.333 e. The maximum absolute atomic E-state index is 9.55. The van der Waals surface area contributed by atoms with E-state index in [1.807, 2.05) is 6.92 Å². The molecule has 0 amide bonds. The van der Waals surface area contributed by atoms with Crippen molar-refractivity contribution in [1.82, 2.24) is 0 Å². The van der Waals surface area contributed by atoms with Crippen LogP contribution in [0, 0.1) is 0 Å². The third-order valence-corrected chi connectivity index (χ3v) is 0.762. The number of rotatable bonds is 3. The molecule has 0 aliphatic carbocycles. The second-order valence-corrected chi connectivity index (χ2v) is 1.49. The first-order valence-corrected chi connectivity index (χ1v) is 2.91. The minimum atomic E-state index is -0.966. The fourth-order valence-electron chi connectivity index (χ4n) is 0.166. The van der Waals surface area contributed by atoms with Crippen LogP contribution in [0.1, 0.15) is 13.3 Å². The van der Waals surface area contributed by atoms with E-state index in [0.29, 0.717) is 6.61 Å². The zero-order valence-electron chi connectivity index (χ0n) is 4.52. The summed E-state index contributed by atoms with van der Waals surface area (Å²) >= 11 is 0. The molecular formula is C3H9O2PZn. The summed E-state index contributed by atoms with van der Waals surface area (Å²) in [6.07, 6.45) is 0.954. The summed E-state index contributed by atoms with van der Waals surface area (Å²) in [5, 5.41) is 0. The van der Waals surface area contributed by atoms with Crippen molar-refractivity contribution in [1.29, 1.82) is 0 Å². The summed E-state index contributed by atoms with van der Waals surface area (Å²) < 4.78 is 14.1. The van der Waals surface area contributed by atoms with Gasteiger partial charge in [-0.1, -0.05) is 6.92 Å². The quantitative estimate of drug-likeness (QED) is 0.363. The Hall–Kier alpha value is 0.813. The zero-order chi connectivity index (χ0) is 4.83. The predicted molar refractivity (Wildman–Crippen MR) is 26.6 cm³/mol. The van der Waals surface area contributed by atoms with E-state index in [9.17, 15) is 4.57 Å². The van der Waals surface area contributed by atoms with Crippen molar-refractivity contribution in [3.63, 3.8) is 0 Å². The summed E-state index contributed by atoms with van der Waals surface area (Å²) in [5.41, 5.74) is 0. The van der Waals surface area contributed by atoms with Crippen LogP contribution < -0.4 is 0 Å². The van der Waals surface area contributed by atoms with Crippen molar-refractivity contribution < 1.29 is 28.6 Å². The van der Waals surface area contributed by atoms with Crippen LogP contribution in [0.15, 0.2) is 0 Å². The van der Waals surface area contributed by atoms with Crippen LogP contribution >= 0.6 is 8.69 Å². The Kier molecular flexibility index (Phi) is 15.2. The van der Waals surface area contributed by atoms with Crippen molar-refractivity contribution in [3.05, 3.63) is 0 Å². The molecule has 0 spiro atoms. The van der Waals surface area contributed by atoms with Gasteiger partial charge >= 0.3 is 0 Å². The zero-order valence-corrected chi connectivity index (χ0v) is 8.64. The van der Waals surface area contributed by atoms with Gasteiger partial charge in [0.1, 0.15) is 0 Å². The van der Waals surface area contributed by atoms with Gasteiger partial charge in [-0.15, -0.1) is 0 Å². The molecule has 0 radical (unpaired) electrons. The molecule has 0 bridgehead atoms. The van der Waals surface area contributed by atoms with Crippen molar-refractivity contribution in [2.45, 2.75) is 13.3 Å². The number of hydrogen-bond donors (Lipinski definition) is 0. The molecule has 0 aromatic rings. The second kappa shape index (κ2) is 9.94. The SMILES string of the molecule is CCCO[PH2]=O.[Zn]. The fraction of sp³-hybridized carbons (Fsp3) is 1.00. The predicted octanol–water partition coefficient (Wildman–Crippen LogP) is 1.08. The Morgan fingerprint density at radius 3 is 2.43 bits per heavy atom. The number of hydrogen-bond acceptors (Lipinski definition) is 2. The van der Waals surface area contributed by atoms with Gasteiger partial charge in [0, 0.05) is 19.5 Å². The minimum absolute atomic E-state index is 0. The summed E-state index contributed by atoms with van der Waals surface area (Å²) in [4.78, 5) is 0. The van der Waals surface area contributed by atoms with Crippen molar-refractivity contribution in [2.24, 2.45) is 0 Å². The average Bonchev–Trinajstić information content (AvgIpc) is 1.61. The fourth-order valence-corrected chi connectivity index (χ4v) is 0.498. The average molecular weight is 173 g/mol. The van der Waals surface area contributed by atoms with E-state index < -0.39 is 8.69 Å². The first-order valence-electron chi connectivity index (χ1n) is 1.97. The van der Waals surface area contributed by atoms with Crippen molar-refractivity contribution in [3.8, 4) is 0 Å². The largest absolute Gasteiger partial charge is 0.333 e. The van der Waals surface area contributed by atoms with Gasteiger partial charge in [-0.25, -0.2) is 0 Å². The third kappa shape index (κ3) is 10.9. The van der Waals surface area contributed by atoms with Gasteiger partial charge in [0.25, 0.3) is 0 Å². The molecule has 2 nitrogen and oxygen atoms in total. The van der Waals surface area contributed by atoms with Gasteiger partial charge in [0.05, 0.1) is 6.61 Å². The van der Waals surface area contributed by atoms with Gasteiger partial charge in [-0.3, -0.25) is 4.57 Å². The van der Waals surface area contributed by atoms with Crippen molar-refractivity contribution in [2.75, 3.05) is 6.61 Å². The molecule has 0 rings (SSSR count). The van der Waals surface area contributed by atoms with Gasteiger partial charge in [0.15, 0.2) is 8.69 Å². The molecule has 4 heteroatoms. The van der Waals surface area contributed by atoms with Crippen LogP contribution in [0.25, 0.3) is 0 Å². The van der Waals surface area contributed by atoms with Crippen LogP contribution in [0.4, 0.5) is 0 Å². The van der Waals surface area contributed by atoms with Crippen LogP contribution in [-0.2, 0) is 28.6 Å². The first-order chi connectivity index (χ1) is 2.91. The summed E-state index contributed by atoms with van der Waals surface area (Å²) in [6.45, 7) is 2.62. The Balaban J connectivity index is 0. The van der Waals surface area contributed by atoms with E-state index >= 15 is 0 Å². The van der Waals surface area contributed by atoms with E-state index in [0.717, 1.165) is 6.42 Å². The standard InChI is InChI=1S/C3H9O2P.Zn/c1-2-3-5-6-4;/h2-3,6H2,1H3;. The molecule has 0 saturated carbocycles. The molecule has 0 aromatic heterocycles. The molecule has 0 heterocycles.